The molecule has 1 unspecified atom stereocenters. The van der Waals surface area contributed by atoms with Crippen LogP contribution in [0.5, 0.6) is 0 Å². The first-order valence-corrected chi connectivity index (χ1v) is 12.3. The van der Waals surface area contributed by atoms with Gasteiger partial charge in [0.05, 0.1) is 21.2 Å². The molecule has 1 atom stereocenters. The second-order valence-electron chi connectivity index (χ2n) is 6.64. The topological polar surface area (TPSA) is 50.7 Å². The Morgan fingerprint density at radius 2 is 2.06 bits per heavy atom. The average molecular weight is 544 g/mol. The van der Waals surface area contributed by atoms with Crippen molar-refractivity contribution < 1.29 is 8.95 Å². The summed E-state index contributed by atoms with van der Waals surface area (Å²) in [5, 5.41) is 1.28. The fraction of sp³-hybridized carbons (Fsp3) is 0.125. The number of benzene rings is 1. The molecule has 2 rings (SSSR count). The molecule has 0 radical (unpaired) electrons. The molecule has 9 heteroatoms. The summed E-state index contributed by atoms with van der Waals surface area (Å²) in [5.41, 5.74) is 1.91. The smallest absolute Gasteiger partial charge is 0.151 e. The van der Waals surface area contributed by atoms with Crippen LogP contribution in [0.25, 0.3) is 0 Å². The third-order valence-electron chi connectivity index (χ3n) is 4.10. The van der Waals surface area contributed by atoms with Crippen molar-refractivity contribution in [3.63, 3.8) is 0 Å². The van der Waals surface area contributed by atoms with Crippen molar-refractivity contribution in [1.82, 2.24) is 4.72 Å². The van der Waals surface area contributed by atoms with Gasteiger partial charge in [-0.05, 0) is 43.4 Å². The van der Waals surface area contributed by atoms with Crippen LogP contribution in [0.3, 0.4) is 0 Å². The van der Waals surface area contributed by atoms with Crippen LogP contribution in [0.4, 0.5) is 0 Å². The molecule has 1 aromatic carbocycles. The number of dihydropyridines is 1. The van der Waals surface area contributed by atoms with E-state index < -0.39 is 11.0 Å². The molecule has 1 N–H and O–H groups in total. The Balaban J connectivity index is 2.06. The highest BCUT2D eigenvalue weighted by Gasteiger charge is 2.12. The summed E-state index contributed by atoms with van der Waals surface area (Å²) in [4.78, 5) is 4.75. The Labute approximate surface area is 216 Å². The van der Waals surface area contributed by atoms with Gasteiger partial charge in [-0.15, -0.1) is 0 Å². The molecule has 0 saturated heterocycles. The summed E-state index contributed by atoms with van der Waals surface area (Å²) in [6.45, 7) is 9.18. The highest BCUT2D eigenvalue weighted by Crippen LogP contribution is 2.25. The highest BCUT2D eigenvalue weighted by molar-refractivity contribution is 7.83. The van der Waals surface area contributed by atoms with Gasteiger partial charge in [0, 0.05) is 33.4 Å². The molecule has 0 bridgehead atoms. The summed E-state index contributed by atoms with van der Waals surface area (Å²) in [6.07, 6.45) is 13.0. The molecule has 0 spiro atoms. The Bertz CT molecular complexity index is 1130. The van der Waals surface area contributed by atoms with Gasteiger partial charge in [0.2, 0.25) is 0 Å². The lowest BCUT2D eigenvalue weighted by Gasteiger charge is -2.14. The molecule has 1 aliphatic heterocycles. The number of nitrogens with zero attached hydrogens (tertiary/aromatic N) is 1. The SMILES string of the molecule is C=C/C=C\C=C1/CC=C(OC/C(C(=C)Cl)=C(Cl)/C=C(\C)NS(=O)c2ccc(Cl)cc2Cl)C=N1. The number of halogens is 4. The van der Waals surface area contributed by atoms with Crippen LogP contribution in [0.2, 0.25) is 10.0 Å². The summed E-state index contributed by atoms with van der Waals surface area (Å²) in [7, 11) is -1.61. The largest absolute Gasteiger partial charge is 0.488 e. The van der Waals surface area contributed by atoms with Gasteiger partial charge in [0.25, 0.3) is 0 Å². The van der Waals surface area contributed by atoms with Crippen molar-refractivity contribution in [3.8, 4) is 0 Å². The minimum atomic E-state index is -1.61. The normalized spacial score (nSPS) is 16.9. The maximum atomic E-state index is 12.6. The van der Waals surface area contributed by atoms with Gasteiger partial charge in [-0.1, -0.05) is 77.8 Å². The molecular weight excluding hydrogens is 522 g/mol. The zero-order valence-corrected chi connectivity index (χ0v) is 21.6. The predicted octanol–water partition coefficient (Wildman–Crippen LogP) is 7.76. The third kappa shape index (κ3) is 9.03. The van der Waals surface area contributed by atoms with Crippen LogP contribution < -0.4 is 4.72 Å². The van der Waals surface area contributed by atoms with Crippen molar-refractivity contribution in [2.24, 2.45) is 4.99 Å². The molecule has 0 amide bonds. The highest BCUT2D eigenvalue weighted by atomic mass is 35.5. The standard InChI is InChI=1S/C24H22Cl4N2O2S/c1-4-5-6-7-19-9-10-20(14-29-19)32-15-21(17(3)25)22(27)12-16(2)30-33(31)24-11-8-18(26)13-23(24)28/h4-8,10-14,30H,1,3,9,15H2,2H3/b6-5-,16-12+,19-7+,22-21+. The van der Waals surface area contributed by atoms with Gasteiger partial charge in [-0.3, -0.25) is 4.99 Å². The molecule has 0 saturated carbocycles. The second-order valence-corrected chi connectivity index (χ2v) is 9.53. The Kier molecular flexibility index (Phi) is 11.2. The lowest BCUT2D eigenvalue weighted by atomic mass is 10.2. The van der Waals surface area contributed by atoms with Crippen LogP contribution in [0.1, 0.15) is 13.3 Å². The maximum absolute atomic E-state index is 12.6. The van der Waals surface area contributed by atoms with E-state index in [0.29, 0.717) is 43.4 Å². The number of ether oxygens (including phenoxy) is 1. The number of nitrogens with one attached hydrogen (secondary N) is 1. The zero-order valence-electron chi connectivity index (χ0n) is 17.8. The molecule has 0 fully saturated rings. The van der Waals surface area contributed by atoms with Crippen molar-refractivity contribution in [1.29, 1.82) is 0 Å². The van der Waals surface area contributed by atoms with Crippen LogP contribution in [-0.2, 0) is 15.7 Å². The fourth-order valence-corrected chi connectivity index (χ4v) is 4.52. The number of hydrogen-bond acceptors (Lipinski definition) is 3. The molecule has 33 heavy (non-hydrogen) atoms. The number of aliphatic imine (C=N–C) groups is 1. The number of hydrogen-bond donors (Lipinski definition) is 1. The molecule has 1 aliphatic rings. The third-order valence-corrected chi connectivity index (χ3v) is 6.58. The monoisotopic (exact) mass is 542 g/mol. The first-order chi connectivity index (χ1) is 15.7. The summed E-state index contributed by atoms with van der Waals surface area (Å²) in [5.74, 6) is 0.594. The van der Waals surface area contributed by atoms with E-state index >= 15 is 0 Å². The van der Waals surface area contributed by atoms with E-state index in [9.17, 15) is 4.21 Å². The number of allylic oxidation sites excluding steroid dienone is 9. The lowest BCUT2D eigenvalue weighted by molar-refractivity contribution is 0.262. The first-order valence-electron chi connectivity index (χ1n) is 9.61. The van der Waals surface area contributed by atoms with E-state index in [2.05, 4.69) is 22.9 Å². The van der Waals surface area contributed by atoms with Crippen molar-refractivity contribution in [3.05, 3.63) is 111 Å². The van der Waals surface area contributed by atoms with E-state index in [-0.39, 0.29) is 11.6 Å². The molecule has 174 valence electrons. The Morgan fingerprint density at radius 3 is 2.67 bits per heavy atom. The molecule has 4 nitrogen and oxygen atoms in total. The summed E-state index contributed by atoms with van der Waals surface area (Å²) in [6, 6.07) is 4.73. The van der Waals surface area contributed by atoms with Crippen LogP contribution in [-0.4, -0.2) is 17.0 Å². The Morgan fingerprint density at radius 1 is 1.30 bits per heavy atom. The van der Waals surface area contributed by atoms with Crippen LogP contribution in [0, 0.1) is 0 Å². The van der Waals surface area contributed by atoms with Crippen LogP contribution in [0.15, 0.2) is 110 Å². The average Bonchev–Trinajstić information content (AvgIpc) is 2.74. The summed E-state index contributed by atoms with van der Waals surface area (Å²) >= 11 is 24.6. The van der Waals surface area contributed by atoms with E-state index in [4.69, 9.17) is 51.1 Å². The molecular formula is C24H22Cl4N2O2S. The van der Waals surface area contributed by atoms with E-state index in [1.54, 1.807) is 37.4 Å². The van der Waals surface area contributed by atoms with E-state index in [1.807, 2.05) is 24.3 Å². The van der Waals surface area contributed by atoms with Crippen molar-refractivity contribution >= 4 is 63.6 Å². The molecule has 0 aromatic heterocycles. The van der Waals surface area contributed by atoms with Gasteiger partial charge in [0.1, 0.15) is 12.4 Å². The zero-order chi connectivity index (χ0) is 24.4. The lowest BCUT2D eigenvalue weighted by Crippen LogP contribution is -2.15. The van der Waals surface area contributed by atoms with Gasteiger partial charge >= 0.3 is 0 Å². The van der Waals surface area contributed by atoms with Crippen LogP contribution >= 0.6 is 46.4 Å². The van der Waals surface area contributed by atoms with Crippen molar-refractivity contribution in [2.75, 3.05) is 6.61 Å². The fourth-order valence-electron chi connectivity index (χ4n) is 2.48. The quantitative estimate of drug-likeness (QED) is 0.306. The minimum Gasteiger partial charge on any atom is -0.488 e. The van der Waals surface area contributed by atoms with E-state index in [0.717, 1.165) is 5.70 Å². The molecule has 0 aliphatic carbocycles. The van der Waals surface area contributed by atoms with E-state index in [1.165, 1.54) is 6.07 Å². The van der Waals surface area contributed by atoms with Gasteiger partial charge in [0.15, 0.2) is 11.0 Å². The molecule has 1 heterocycles. The first kappa shape index (κ1) is 27.2. The number of rotatable bonds is 10. The summed E-state index contributed by atoms with van der Waals surface area (Å²) < 4.78 is 21.2. The van der Waals surface area contributed by atoms with Gasteiger partial charge in [-0.25, -0.2) is 4.21 Å². The Hall–Kier alpha value is -2.02. The second kappa shape index (κ2) is 13.6. The van der Waals surface area contributed by atoms with Gasteiger partial charge in [-0.2, -0.15) is 0 Å². The van der Waals surface area contributed by atoms with Crippen molar-refractivity contribution in [2.45, 2.75) is 18.2 Å². The predicted molar refractivity (Wildman–Crippen MR) is 142 cm³/mol. The maximum Gasteiger partial charge on any atom is 0.151 e. The minimum absolute atomic E-state index is 0.0876. The molecule has 1 aromatic rings. The van der Waals surface area contributed by atoms with Gasteiger partial charge < -0.3 is 9.46 Å².